The van der Waals surface area contributed by atoms with Crippen LogP contribution in [0.2, 0.25) is 0 Å². The first-order chi connectivity index (χ1) is 10.3. The van der Waals surface area contributed by atoms with Gasteiger partial charge in [-0.15, -0.1) is 0 Å². The van der Waals surface area contributed by atoms with Crippen molar-refractivity contribution in [3.05, 3.63) is 0 Å². The first kappa shape index (κ1) is 15.1. The molecule has 0 radical (unpaired) electrons. The van der Waals surface area contributed by atoms with Gasteiger partial charge >= 0.3 is 6.03 Å². The Hall–Kier alpha value is -0.770. The van der Waals surface area contributed by atoms with Crippen LogP contribution in [0.4, 0.5) is 4.79 Å². The molecule has 2 saturated carbocycles. The number of amides is 2. The van der Waals surface area contributed by atoms with Crippen molar-refractivity contribution in [2.45, 2.75) is 58.0 Å². The standard InChI is InChI=1S/C17H30N2O2/c1-2-19(12-16-4-3-9-21-16)17(20)18-8-7-15-11-13-5-6-14(15)10-13/h13-16H,2-12H2,1H3,(H,18,20). The number of rotatable bonds is 6. The van der Waals surface area contributed by atoms with Crippen molar-refractivity contribution in [2.24, 2.45) is 17.8 Å². The summed E-state index contributed by atoms with van der Waals surface area (Å²) < 4.78 is 5.63. The largest absolute Gasteiger partial charge is 0.376 e. The predicted octanol–water partition coefficient (Wildman–Crippen LogP) is 3.02. The van der Waals surface area contributed by atoms with Crippen LogP contribution in [-0.4, -0.2) is 43.3 Å². The van der Waals surface area contributed by atoms with Gasteiger partial charge in [0.15, 0.2) is 0 Å². The Morgan fingerprint density at radius 1 is 1.29 bits per heavy atom. The summed E-state index contributed by atoms with van der Waals surface area (Å²) in [7, 11) is 0. The maximum atomic E-state index is 12.3. The maximum absolute atomic E-state index is 12.3. The second kappa shape index (κ2) is 6.99. The Bertz CT molecular complexity index is 355. The Labute approximate surface area is 128 Å². The van der Waals surface area contributed by atoms with Crippen LogP contribution in [0, 0.1) is 17.8 Å². The van der Waals surface area contributed by atoms with E-state index in [1.54, 1.807) is 0 Å². The number of nitrogens with zero attached hydrogens (tertiary/aromatic N) is 1. The molecular weight excluding hydrogens is 264 g/mol. The van der Waals surface area contributed by atoms with E-state index in [0.717, 1.165) is 56.8 Å². The van der Waals surface area contributed by atoms with Gasteiger partial charge in [-0.05, 0) is 63.2 Å². The van der Waals surface area contributed by atoms with E-state index in [4.69, 9.17) is 4.74 Å². The number of hydrogen-bond acceptors (Lipinski definition) is 2. The molecule has 4 nitrogen and oxygen atoms in total. The Balaban J connectivity index is 1.36. The Morgan fingerprint density at radius 2 is 2.19 bits per heavy atom. The van der Waals surface area contributed by atoms with Gasteiger partial charge in [0.1, 0.15) is 0 Å². The summed E-state index contributed by atoms with van der Waals surface area (Å²) in [6, 6.07) is 0.0937. The minimum Gasteiger partial charge on any atom is -0.376 e. The molecule has 120 valence electrons. The highest BCUT2D eigenvalue weighted by molar-refractivity contribution is 5.74. The third kappa shape index (κ3) is 3.71. The van der Waals surface area contributed by atoms with E-state index in [1.807, 2.05) is 11.8 Å². The number of nitrogens with one attached hydrogen (secondary N) is 1. The third-order valence-corrected chi connectivity index (χ3v) is 5.79. The van der Waals surface area contributed by atoms with Crippen molar-refractivity contribution in [1.82, 2.24) is 10.2 Å². The van der Waals surface area contributed by atoms with Crippen molar-refractivity contribution in [3.8, 4) is 0 Å². The van der Waals surface area contributed by atoms with Gasteiger partial charge in [-0.3, -0.25) is 0 Å². The Kier molecular flexibility index (Phi) is 5.04. The smallest absolute Gasteiger partial charge is 0.317 e. The summed E-state index contributed by atoms with van der Waals surface area (Å²) >= 11 is 0. The van der Waals surface area contributed by atoms with E-state index in [9.17, 15) is 4.79 Å². The lowest BCUT2D eigenvalue weighted by atomic mass is 9.86. The number of hydrogen-bond donors (Lipinski definition) is 1. The quantitative estimate of drug-likeness (QED) is 0.818. The van der Waals surface area contributed by atoms with Crippen LogP contribution in [0.25, 0.3) is 0 Å². The molecule has 2 amide bonds. The zero-order valence-electron chi connectivity index (χ0n) is 13.4. The van der Waals surface area contributed by atoms with Gasteiger partial charge in [0, 0.05) is 26.2 Å². The molecule has 1 saturated heterocycles. The average Bonchev–Trinajstić information content (AvgIpc) is 3.22. The van der Waals surface area contributed by atoms with Crippen molar-refractivity contribution in [1.29, 1.82) is 0 Å². The fourth-order valence-electron chi connectivity index (χ4n) is 4.60. The number of likely N-dealkylation sites (N-methyl/N-ethyl adjacent to an activating group) is 1. The van der Waals surface area contributed by atoms with E-state index in [-0.39, 0.29) is 12.1 Å². The lowest BCUT2D eigenvalue weighted by Gasteiger charge is -2.25. The zero-order valence-corrected chi connectivity index (χ0v) is 13.4. The fourth-order valence-corrected chi connectivity index (χ4v) is 4.60. The number of fused-ring (bicyclic) bond motifs is 2. The minimum atomic E-state index is 0.0937. The first-order valence-corrected chi connectivity index (χ1v) is 8.90. The fraction of sp³-hybridized carbons (Fsp3) is 0.941. The highest BCUT2D eigenvalue weighted by Crippen LogP contribution is 2.49. The highest BCUT2D eigenvalue weighted by Gasteiger charge is 2.38. The first-order valence-electron chi connectivity index (χ1n) is 8.90. The van der Waals surface area contributed by atoms with E-state index in [1.165, 1.54) is 32.1 Å². The summed E-state index contributed by atoms with van der Waals surface area (Å²) in [5, 5.41) is 3.13. The molecule has 3 aliphatic rings. The molecule has 0 aromatic rings. The molecule has 21 heavy (non-hydrogen) atoms. The van der Waals surface area contributed by atoms with E-state index in [0.29, 0.717) is 0 Å². The molecule has 3 fully saturated rings. The second-order valence-electron chi connectivity index (χ2n) is 7.13. The van der Waals surface area contributed by atoms with Gasteiger partial charge in [-0.1, -0.05) is 6.42 Å². The number of carbonyl (C=O) groups excluding carboxylic acids is 1. The van der Waals surface area contributed by atoms with Crippen molar-refractivity contribution >= 4 is 6.03 Å². The van der Waals surface area contributed by atoms with Crippen molar-refractivity contribution < 1.29 is 9.53 Å². The number of ether oxygens (including phenoxy) is 1. The van der Waals surface area contributed by atoms with Crippen LogP contribution < -0.4 is 5.32 Å². The SMILES string of the molecule is CCN(CC1CCCO1)C(=O)NCCC1CC2CCC1C2. The Morgan fingerprint density at radius 3 is 2.81 bits per heavy atom. The van der Waals surface area contributed by atoms with Crippen LogP contribution >= 0.6 is 0 Å². The molecule has 4 heteroatoms. The van der Waals surface area contributed by atoms with Crippen LogP contribution in [0.3, 0.4) is 0 Å². The molecule has 1 heterocycles. The lowest BCUT2D eigenvalue weighted by molar-refractivity contribution is 0.0825. The molecule has 4 atom stereocenters. The minimum absolute atomic E-state index is 0.0937. The maximum Gasteiger partial charge on any atom is 0.317 e. The van der Waals surface area contributed by atoms with Gasteiger partial charge < -0.3 is 15.0 Å². The van der Waals surface area contributed by atoms with E-state index in [2.05, 4.69) is 5.32 Å². The monoisotopic (exact) mass is 294 g/mol. The molecule has 1 aliphatic heterocycles. The number of urea groups is 1. The second-order valence-corrected chi connectivity index (χ2v) is 7.13. The molecule has 0 aromatic heterocycles. The summed E-state index contributed by atoms with van der Waals surface area (Å²) in [5.41, 5.74) is 0. The van der Waals surface area contributed by atoms with Gasteiger partial charge in [-0.2, -0.15) is 0 Å². The van der Waals surface area contributed by atoms with Crippen molar-refractivity contribution in [3.63, 3.8) is 0 Å². The molecular formula is C17H30N2O2. The normalized spacial score (nSPS) is 34.3. The summed E-state index contributed by atoms with van der Waals surface area (Å²) in [6.07, 6.45) is 9.41. The molecule has 0 spiro atoms. The third-order valence-electron chi connectivity index (χ3n) is 5.79. The molecule has 4 unspecified atom stereocenters. The molecule has 1 N–H and O–H groups in total. The van der Waals surface area contributed by atoms with Crippen LogP contribution in [0.5, 0.6) is 0 Å². The van der Waals surface area contributed by atoms with E-state index < -0.39 is 0 Å². The van der Waals surface area contributed by atoms with Gasteiger partial charge in [0.05, 0.1) is 6.10 Å². The predicted molar refractivity (Wildman–Crippen MR) is 83.2 cm³/mol. The van der Waals surface area contributed by atoms with Gasteiger partial charge in [0.25, 0.3) is 0 Å². The van der Waals surface area contributed by atoms with Crippen LogP contribution in [0.15, 0.2) is 0 Å². The summed E-state index contributed by atoms with van der Waals surface area (Å²) in [6.45, 7) is 5.25. The molecule has 2 bridgehead atoms. The molecule has 3 rings (SSSR count). The van der Waals surface area contributed by atoms with Crippen molar-refractivity contribution in [2.75, 3.05) is 26.2 Å². The van der Waals surface area contributed by atoms with Gasteiger partial charge in [-0.25, -0.2) is 4.79 Å². The van der Waals surface area contributed by atoms with Gasteiger partial charge in [0.2, 0.25) is 0 Å². The topological polar surface area (TPSA) is 41.6 Å². The highest BCUT2D eigenvalue weighted by atomic mass is 16.5. The molecule has 2 aliphatic carbocycles. The van der Waals surface area contributed by atoms with Crippen LogP contribution in [-0.2, 0) is 4.74 Å². The zero-order chi connectivity index (χ0) is 14.7. The summed E-state index contributed by atoms with van der Waals surface area (Å²) in [4.78, 5) is 14.2. The number of carbonyl (C=O) groups is 1. The van der Waals surface area contributed by atoms with Crippen LogP contribution in [0.1, 0.15) is 51.9 Å². The van der Waals surface area contributed by atoms with E-state index >= 15 is 0 Å². The summed E-state index contributed by atoms with van der Waals surface area (Å²) in [5.74, 6) is 2.83. The molecule has 0 aromatic carbocycles. The lowest BCUT2D eigenvalue weighted by Crippen LogP contribution is -2.44. The average molecular weight is 294 g/mol.